The fraction of sp³-hybridized carbons (Fsp3) is 0.375. The van der Waals surface area contributed by atoms with E-state index in [9.17, 15) is 17.6 Å². The topological polar surface area (TPSA) is 66.9 Å². The van der Waals surface area contributed by atoms with Gasteiger partial charge in [-0.25, -0.2) is 12.8 Å². The van der Waals surface area contributed by atoms with Gasteiger partial charge in [0, 0.05) is 37.3 Å². The SMILES string of the molecule is C=CCN(Cc1ccccc1F)C(=O)c1ccc(OC)c(S(=O)(=O)N2CCCCCC2)c1. The molecule has 1 aliphatic rings. The highest BCUT2D eigenvalue weighted by atomic mass is 32.2. The monoisotopic (exact) mass is 460 g/mol. The number of hydrogen-bond donors (Lipinski definition) is 0. The first-order valence-electron chi connectivity index (χ1n) is 10.7. The summed E-state index contributed by atoms with van der Waals surface area (Å²) in [5, 5.41) is 0. The van der Waals surface area contributed by atoms with Crippen LogP contribution in [0.25, 0.3) is 0 Å². The summed E-state index contributed by atoms with van der Waals surface area (Å²) < 4.78 is 47.7. The number of rotatable bonds is 8. The van der Waals surface area contributed by atoms with Gasteiger partial charge in [-0.15, -0.1) is 6.58 Å². The second kappa shape index (κ2) is 10.7. The molecule has 0 unspecified atom stereocenters. The van der Waals surface area contributed by atoms with Gasteiger partial charge in [-0.2, -0.15) is 4.31 Å². The molecule has 0 aliphatic carbocycles. The predicted octanol–water partition coefficient (Wildman–Crippen LogP) is 4.23. The summed E-state index contributed by atoms with van der Waals surface area (Å²) in [5.74, 6) is -0.633. The van der Waals surface area contributed by atoms with Gasteiger partial charge >= 0.3 is 0 Å². The van der Waals surface area contributed by atoms with Crippen molar-refractivity contribution in [2.45, 2.75) is 37.1 Å². The molecule has 1 aliphatic heterocycles. The summed E-state index contributed by atoms with van der Waals surface area (Å²) in [6.07, 6.45) is 5.14. The normalized spacial score (nSPS) is 15.1. The highest BCUT2D eigenvalue weighted by molar-refractivity contribution is 7.89. The minimum Gasteiger partial charge on any atom is -0.495 e. The lowest BCUT2D eigenvalue weighted by Gasteiger charge is -2.24. The molecule has 1 fully saturated rings. The van der Waals surface area contributed by atoms with E-state index in [2.05, 4.69) is 6.58 Å². The van der Waals surface area contributed by atoms with Gasteiger partial charge in [0.2, 0.25) is 10.0 Å². The second-order valence-corrected chi connectivity index (χ2v) is 9.66. The molecule has 6 nitrogen and oxygen atoms in total. The third kappa shape index (κ3) is 5.37. The van der Waals surface area contributed by atoms with E-state index in [1.165, 1.54) is 40.6 Å². The molecule has 1 amide bonds. The van der Waals surface area contributed by atoms with Crippen LogP contribution in [0, 0.1) is 5.82 Å². The zero-order chi connectivity index (χ0) is 23.1. The molecule has 3 rings (SSSR count). The van der Waals surface area contributed by atoms with Crippen molar-refractivity contribution in [3.05, 3.63) is 72.1 Å². The highest BCUT2D eigenvalue weighted by Gasteiger charge is 2.30. The van der Waals surface area contributed by atoms with Crippen LogP contribution in [0.3, 0.4) is 0 Å². The van der Waals surface area contributed by atoms with E-state index in [4.69, 9.17) is 4.74 Å². The Labute approximate surface area is 189 Å². The Morgan fingerprint density at radius 1 is 1.16 bits per heavy atom. The smallest absolute Gasteiger partial charge is 0.254 e. The number of ether oxygens (including phenoxy) is 1. The summed E-state index contributed by atoms with van der Waals surface area (Å²) in [6, 6.07) is 10.6. The minimum atomic E-state index is -3.83. The molecule has 172 valence electrons. The van der Waals surface area contributed by atoms with Crippen LogP contribution in [-0.4, -0.2) is 50.3 Å². The number of carbonyl (C=O) groups excluding carboxylic acids is 1. The van der Waals surface area contributed by atoms with Crippen molar-refractivity contribution in [3.63, 3.8) is 0 Å². The molecular weight excluding hydrogens is 431 g/mol. The third-order valence-electron chi connectivity index (χ3n) is 5.55. The number of benzene rings is 2. The molecule has 1 heterocycles. The van der Waals surface area contributed by atoms with Crippen LogP contribution in [0.4, 0.5) is 4.39 Å². The molecule has 0 atom stereocenters. The van der Waals surface area contributed by atoms with Crippen molar-refractivity contribution >= 4 is 15.9 Å². The molecule has 0 saturated carbocycles. The Morgan fingerprint density at radius 2 is 1.84 bits per heavy atom. The zero-order valence-electron chi connectivity index (χ0n) is 18.3. The Kier molecular flexibility index (Phi) is 8.04. The minimum absolute atomic E-state index is 0.0304. The lowest BCUT2D eigenvalue weighted by molar-refractivity contribution is 0.0761. The highest BCUT2D eigenvalue weighted by Crippen LogP contribution is 2.30. The molecule has 0 bridgehead atoms. The molecule has 32 heavy (non-hydrogen) atoms. The van der Waals surface area contributed by atoms with Gasteiger partial charge in [-0.1, -0.05) is 37.1 Å². The Balaban J connectivity index is 1.95. The van der Waals surface area contributed by atoms with Crippen molar-refractivity contribution in [1.82, 2.24) is 9.21 Å². The summed E-state index contributed by atoms with van der Waals surface area (Å²) in [7, 11) is -2.43. The van der Waals surface area contributed by atoms with Crippen LogP contribution in [0.15, 0.2) is 60.0 Å². The Bertz CT molecular complexity index is 1060. The lowest BCUT2D eigenvalue weighted by atomic mass is 10.1. The molecule has 2 aromatic carbocycles. The number of sulfonamides is 1. The molecule has 2 aromatic rings. The predicted molar refractivity (Wildman–Crippen MR) is 122 cm³/mol. The summed E-state index contributed by atoms with van der Waals surface area (Å²) in [4.78, 5) is 14.7. The first-order valence-corrected chi connectivity index (χ1v) is 12.1. The van der Waals surface area contributed by atoms with Gasteiger partial charge in [0.1, 0.15) is 16.5 Å². The summed E-state index contributed by atoms with van der Waals surface area (Å²) in [5.41, 5.74) is 0.561. The molecule has 0 aromatic heterocycles. The van der Waals surface area contributed by atoms with Gasteiger partial charge in [-0.3, -0.25) is 4.79 Å². The molecular formula is C24H29FN2O4S. The van der Waals surface area contributed by atoms with Gasteiger partial charge in [0.05, 0.1) is 7.11 Å². The second-order valence-electron chi connectivity index (χ2n) is 7.75. The van der Waals surface area contributed by atoms with Crippen molar-refractivity contribution in [2.75, 3.05) is 26.7 Å². The van der Waals surface area contributed by atoms with Gasteiger partial charge < -0.3 is 9.64 Å². The lowest BCUT2D eigenvalue weighted by Crippen LogP contribution is -2.33. The van der Waals surface area contributed by atoms with Crippen LogP contribution in [0.5, 0.6) is 5.75 Å². The van der Waals surface area contributed by atoms with Crippen molar-refractivity contribution in [2.24, 2.45) is 0 Å². The molecule has 1 saturated heterocycles. The van der Waals surface area contributed by atoms with Crippen LogP contribution in [0.1, 0.15) is 41.6 Å². The van der Waals surface area contributed by atoms with Gasteiger partial charge in [-0.05, 0) is 37.1 Å². The van der Waals surface area contributed by atoms with Crippen LogP contribution in [0.2, 0.25) is 0 Å². The molecule has 0 N–H and O–H groups in total. The standard InChI is InChI=1S/C24H29FN2O4S/c1-3-14-26(18-20-10-6-7-11-21(20)25)24(28)19-12-13-22(31-2)23(17-19)32(29,30)27-15-8-4-5-9-16-27/h3,6-7,10-13,17H,1,4-5,8-9,14-16,18H2,2H3. The van der Waals surface area contributed by atoms with E-state index in [0.29, 0.717) is 18.7 Å². The van der Waals surface area contributed by atoms with E-state index in [-0.39, 0.29) is 29.3 Å². The fourth-order valence-electron chi connectivity index (χ4n) is 3.82. The van der Waals surface area contributed by atoms with E-state index in [1.807, 2.05) is 0 Å². The van der Waals surface area contributed by atoms with Crippen LogP contribution >= 0.6 is 0 Å². The van der Waals surface area contributed by atoms with Crippen molar-refractivity contribution < 1.29 is 22.3 Å². The van der Waals surface area contributed by atoms with E-state index in [0.717, 1.165) is 25.7 Å². The number of hydrogen-bond acceptors (Lipinski definition) is 4. The quantitative estimate of drug-likeness (QED) is 0.553. The van der Waals surface area contributed by atoms with Crippen LogP contribution < -0.4 is 4.74 Å². The molecule has 0 spiro atoms. The van der Waals surface area contributed by atoms with E-state index >= 15 is 0 Å². The van der Waals surface area contributed by atoms with Crippen molar-refractivity contribution in [1.29, 1.82) is 0 Å². The number of carbonyl (C=O) groups is 1. The molecule has 0 radical (unpaired) electrons. The zero-order valence-corrected chi connectivity index (χ0v) is 19.1. The maximum Gasteiger partial charge on any atom is 0.254 e. The third-order valence-corrected chi connectivity index (χ3v) is 7.47. The maximum absolute atomic E-state index is 14.1. The van der Waals surface area contributed by atoms with Gasteiger partial charge in [0.25, 0.3) is 5.91 Å². The van der Waals surface area contributed by atoms with Crippen LogP contribution in [-0.2, 0) is 16.6 Å². The fourth-order valence-corrected chi connectivity index (χ4v) is 5.52. The van der Waals surface area contributed by atoms with E-state index < -0.39 is 21.7 Å². The number of methoxy groups -OCH3 is 1. The average Bonchev–Trinajstić information content (AvgIpc) is 3.09. The first kappa shape index (κ1) is 23.9. The number of nitrogens with zero attached hydrogens (tertiary/aromatic N) is 2. The Hall–Kier alpha value is -2.71. The first-order chi connectivity index (χ1) is 15.4. The number of amides is 1. The van der Waals surface area contributed by atoms with E-state index in [1.54, 1.807) is 24.3 Å². The summed E-state index contributed by atoms with van der Waals surface area (Å²) >= 11 is 0. The maximum atomic E-state index is 14.1. The largest absolute Gasteiger partial charge is 0.495 e. The Morgan fingerprint density at radius 3 is 2.47 bits per heavy atom. The van der Waals surface area contributed by atoms with Crippen molar-refractivity contribution in [3.8, 4) is 5.75 Å². The van der Waals surface area contributed by atoms with Gasteiger partial charge in [0.15, 0.2) is 0 Å². The molecule has 8 heteroatoms. The number of halogens is 1. The summed E-state index contributed by atoms with van der Waals surface area (Å²) in [6.45, 7) is 4.80. The average molecular weight is 461 g/mol.